The van der Waals surface area contributed by atoms with E-state index in [1.165, 1.54) is 0 Å². The molecule has 7 nitrogen and oxygen atoms in total. The van der Waals surface area contributed by atoms with Crippen LogP contribution in [0.15, 0.2) is 24.3 Å². The number of likely N-dealkylation sites (tertiary alicyclic amines) is 1. The number of rotatable bonds is 8. The van der Waals surface area contributed by atoms with Crippen molar-refractivity contribution >= 4 is 29.5 Å². The fourth-order valence-corrected chi connectivity index (χ4v) is 8.70. The van der Waals surface area contributed by atoms with Crippen LogP contribution in [0.1, 0.15) is 53.9 Å². The maximum atomic E-state index is 14.4. The molecular weight excluding hydrogens is 462 g/mol. The molecule has 1 unspecified atom stereocenters. The summed E-state index contributed by atoms with van der Waals surface area (Å²) in [5.74, 6) is -1.45. The molecule has 8 heteroatoms. The smallest absolute Gasteiger partial charge is 0.247 e. The summed E-state index contributed by atoms with van der Waals surface area (Å²) in [6, 6.07) is -1.21. The highest BCUT2D eigenvalue weighted by molar-refractivity contribution is 8.02. The number of hydrogen-bond acceptors (Lipinski definition) is 5. The Balaban J connectivity index is 1.87. The number of nitrogens with zero attached hydrogens (tertiary/aromatic N) is 3. The number of carbonyl (C=O) groups is 3. The second-order valence-electron chi connectivity index (χ2n) is 11.0. The normalized spacial score (nSPS) is 35.3. The van der Waals surface area contributed by atoms with Crippen LogP contribution in [-0.4, -0.2) is 91.9 Å². The topological polar surface area (TPSA) is 81.2 Å². The molecule has 0 radical (unpaired) electrons. The van der Waals surface area contributed by atoms with Crippen molar-refractivity contribution in [3.05, 3.63) is 24.3 Å². The lowest BCUT2D eigenvalue weighted by atomic mass is 9.74. The molecule has 2 fully saturated rings. The molecule has 194 valence electrons. The van der Waals surface area contributed by atoms with E-state index in [1.54, 1.807) is 16.7 Å². The van der Waals surface area contributed by atoms with Crippen molar-refractivity contribution in [3.8, 4) is 0 Å². The zero-order valence-electron chi connectivity index (χ0n) is 21.8. The molecule has 35 heavy (non-hydrogen) atoms. The van der Waals surface area contributed by atoms with E-state index in [0.717, 1.165) is 19.3 Å². The van der Waals surface area contributed by atoms with Crippen LogP contribution in [0.5, 0.6) is 0 Å². The first kappa shape index (κ1) is 26.3. The monoisotopic (exact) mass is 503 g/mol. The molecule has 0 aromatic carbocycles. The number of hydrogen-bond donors (Lipinski definition) is 1. The van der Waals surface area contributed by atoms with Crippen LogP contribution in [0, 0.1) is 17.8 Å². The van der Waals surface area contributed by atoms with Crippen LogP contribution in [0.3, 0.4) is 0 Å². The molecule has 0 bridgehead atoms. The summed E-state index contributed by atoms with van der Waals surface area (Å²) < 4.78 is -1.42. The first-order valence-corrected chi connectivity index (χ1v) is 14.0. The van der Waals surface area contributed by atoms with E-state index >= 15 is 0 Å². The third-order valence-electron chi connectivity index (χ3n) is 8.25. The van der Waals surface area contributed by atoms with Gasteiger partial charge in [0.15, 0.2) is 0 Å². The van der Waals surface area contributed by atoms with Gasteiger partial charge in [-0.1, -0.05) is 58.4 Å². The highest BCUT2D eigenvalue weighted by Crippen LogP contribution is 2.66. The van der Waals surface area contributed by atoms with Crippen LogP contribution >= 0.6 is 11.8 Å². The zero-order chi connectivity index (χ0) is 25.5. The van der Waals surface area contributed by atoms with Crippen LogP contribution in [-0.2, 0) is 14.4 Å². The number of unbranched alkanes of at least 4 members (excludes halogenated alkanes) is 1. The Morgan fingerprint density at radius 2 is 1.63 bits per heavy atom. The lowest BCUT2D eigenvalue weighted by molar-refractivity contribution is -0.148. The SMILES string of the molecule is CCCCN1CC=C[C@]23S[C@]4(C)C=CCN(CCC)C(=O)[C@@H]4[C@H]2C(=O)N([C@@H](CO)C(C)C)C3C1=O. The average Bonchev–Trinajstić information content (AvgIpc) is 3.08. The Bertz CT molecular complexity index is 920. The number of aliphatic hydroxyl groups is 1. The summed E-state index contributed by atoms with van der Waals surface area (Å²) in [5, 5.41) is 10.4. The summed E-state index contributed by atoms with van der Waals surface area (Å²) in [5.41, 5.74) is 0. The van der Waals surface area contributed by atoms with E-state index in [1.807, 2.05) is 29.7 Å². The van der Waals surface area contributed by atoms with Gasteiger partial charge in [0, 0.05) is 30.9 Å². The van der Waals surface area contributed by atoms with Gasteiger partial charge in [-0.15, -0.1) is 11.8 Å². The highest BCUT2D eigenvalue weighted by Gasteiger charge is 2.74. The number of carbonyl (C=O) groups excluding carboxylic acids is 3. The first-order valence-electron chi connectivity index (χ1n) is 13.2. The summed E-state index contributed by atoms with van der Waals surface area (Å²) >= 11 is 1.61. The largest absolute Gasteiger partial charge is 0.394 e. The van der Waals surface area contributed by atoms with Crippen LogP contribution in [0.4, 0.5) is 0 Å². The van der Waals surface area contributed by atoms with Gasteiger partial charge >= 0.3 is 0 Å². The van der Waals surface area contributed by atoms with Crippen molar-refractivity contribution in [1.82, 2.24) is 14.7 Å². The average molecular weight is 504 g/mol. The minimum atomic E-state index is -0.841. The number of amides is 3. The van der Waals surface area contributed by atoms with Crippen LogP contribution < -0.4 is 0 Å². The van der Waals surface area contributed by atoms with Gasteiger partial charge in [-0.2, -0.15) is 0 Å². The molecule has 0 aromatic heterocycles. The Hall–Kier alpha value is -1.80. The Morgan fingerprint density at radius 1 is 0.971 bits per heavy atom. The van der Waals surface area contributed by atoms with Crippen LogP contribution in [0.25, 0.3) is 0 Å². The van der Waals surface area contributed by atoms with Crippen LogP contribution in [0.2, 0.25) is 0 Å². The Labute approximate surface area is 214 Å². The quantitative estimate of drug-likeness (QED) is 0.515. The molecular formula is C27H41N3O4S. The second kappa shape index (κ2) is 9.92. The Morgan fingerprint density at radius 3 is 2.23 bits per heavy atom. The molecule has 4 rings (SSSR count). The summed E-state index contributed by atoms with van der Waals surface area (Å²) in [4.78, 5) is 47.9. The van der Waals surface area contributed by atoms with Gasteiger partial charge in [0.1, 0.15) is 6.04 Å². The number of aliphatic hydroxyl groups excluding tert-OH is 1. The highest BCUT2D eigenvalue weighted by atomic mass is 32.2. The molecule has 4 aliphatic heterocycles. The molecule has 3 amide bonds. The van der Waals surface area contributed by atoms with Gasteiger partial charge in [-0.25, -0.2) is 0 Å². The molecule has 2 saturated heterocycles. The van der Waals surface area contributed by atoms with Gasteiger partial charge in [-0.3, -0.25) is 14.4 Å². The molecule has 1 spiro atoms. The molecule has 4 aliphatic rings. The van der Waals surface area contributed by atoms with Gasteiger partial charge in [-0.05, 0) is 25.7 Å². The van der Waals surface area contributed by atoms with E-state index in [9.17, 15) is 19.5 Å². The first-order chi connectivity index (χ1) is 16.7. The molecule has 1 N–H and O–H groups in total. The van der Waals surface area contributed by atoms with Crippen molar-refractivity contribution in [2.24, 2.45) is 17.8 Å². The standard InChI is InChI=1S/C27H41N3O4S/c1-6-8-14-29-16-10-12-27-21(24(33)30(22(27)25(29)34)19(17-31)18(3)4)20-23(32)28(13-7-2)15-9-11-26(20,5)35-27/h9-12,18-22,31H,6-8,13-17H2,1-5H3/t19-,20-,21-,22?,26+,27-/m0/s1. The minimum absolute atomic E-state index is 0.000653. The molecule has 0 aromatic rings. The fraction of sp³-hybridized carbons (Fsp3) is 0.741. The van der Waals surface area contributed by atoms with Crippen molar-refractivity contribution in [3.63, 3.8) is 0 Å². The molecule has 0 saturated carbocycles. The molecule has 6 atom stereocenters. The predicted molar refractivity (Wildman–Crippen MR) is 139 cm³/mol. The second-order valence-corrected chi connectivity index (χ2v) is 12.8. The number of fused-ring (bicyclic) bond motifs is 2. The maximum absolute atomic E-state index is 14.4. The van der Waals surface area contributed by atoms with Gasteiger partial charge in [0.05, 0.1) is 29.2 Å². The minimum Gasteiger partial charge on any atom is -0.394 e. The third kappa shape index (κ3) is 4.05. The molecule has 4 heterocycles. The Kier molecular flexibility index (Phi) is 7.45. The lowest BCUT2D eigenvalue weighted by Crippen LogP contribution is -2.58. The van der Waals surface area contributed by atoms with E-state index in [-0.39, 0.29) is 30.2 Å². The zero-order valence-corrected chi connectivity index (χ0v) is 22.6. The molecule has 0 aliphatic carbocycles. The fourth-order valence-electron chi connectivity index (χ4n) is 6.56. The third-order valence-corrected chi connectivity index (χ3v) is 10.0. The van der Waals surface area contributed by atoms with Gasteiger partial charge in [0.25, 0.3) is 0 Å². The van der Waals surface area contributed by atoms with Crippen molar-refractivity contribution in [2.45, 2.75) is 75.5 Å². The lowest BCUT2D eigenvalue weighted by Gasteiger charge is -2.41. The van der Waals surface area contributed by atoms with E-state index in [4.69, 9.17) is 0 Å². The number of thioether (sulfide) groups is 1. The van der Waals surface area contributed by atoms with E-state index in [2.05, 4.69) is 39.0 Å². The maximum Gasteiger partial charge on any atom is 0.247 e. The van der Waals surface area contributed by atoms with Gasteiger partial charge < -0.3 is 19.8 Å². The van der Waals surface area contributed by atoms with Crippen molar-refractivity contribution < 1.29 is 19.5 Å². The summed E-state index contributed by atoms with van der Waals surface area (Å²) in [6.45, 7) is 12.3. The van der Waals surface area contributed by atoms with E-state index < -0.39 is 33.4 Å². The van der Waals surface area contributed by atoms with Crippen molar-refractivity contribution in [2.75, 3.05) is 32.8 Å². The predicted octanol–water partition coefficient (Wildman–Crippen LogP) is 2.70. The summed E-state index contributed by atoms with van der Waals surface area (Å²) in [6.07, 6.45) is 11.0. The van der Waals surface area contributed by atoms with E-state index in [0.29, 0.717) is 26.2 Å². The van der Waals surface area contributed by atoms with Crippen molar-refractivity contribution in [1.29, 1.82) is 0 Å². The van der Waals surface area contributed by atoms with Gasteiger partial charge in [0.2, 0.25) is 17.7 Å². The summed E-state index contributed by atoms with van der Waals surface area (Å²) in [7, 11) is 0.